The van der Waals surface area contributed by atoms with Crippen LogP contribution in [0.3, 0.4) is 0 Å². The Morgan fingerprint density at radius 2 is 2.00 bits per heavy atom. The standard InChI is InChI=1S/C14H21NO3/c1-10-6-5-7-12(8-10)9-13(16)15-11(2)14(17-3)18-4/h5-8,11,14H,9H2,1-4H3,(H,15,16). The first-order valence-corrected chi connectivity index (χ1v) is 5.97. The van der Waals surface area contributed by atoms with Crippen molar-refractivity contribution in [2.75, 3.05) is 14.2 Å². The Morgan fingerprint density at radius 3 is 2.56 bits per heavy atom. The zero-order valence-corrected chi connectivity index (χ0v) is 11.4. The van der Waals surface area contributed by atoms with E-state index in [1.807, 2.05) is 38.1 Å². The molecule has 0 aliphatic carbocycles. The fourth-order valence-electron chi connectivity index (χ4n) is 1.88. The smallest absolute Gasteiger partial charge is 0.224 e. The first kappa shape index (κ1) is 14.7. The number of rotatable bonds is 6. The second-order valence-corrected chi connectivity index (χ2v) is 4.36. The van der Waals surface area contributed by atoms with E-state index in [9.17, 15) is 4.79 Å². The Bertz CT molecular complexity index is 388. The summed E-state index contributed by atoms with van der Waals surface area (Å²) in [4.78, 5) is 11.8. The van der Waals surface area contributed by atoms with Gasteiger partial charge in [-0.2, -0.15) is 0 Å². The van der Waals surface area contributed by atoms with Gasteiger partial charge in [-0.05, 0) is 19.4 Å². The molecular weight excluding hydrogens is 230 g/mol. The van der Waals surface area contributed by atoms with Crippen LogP contribution in [0.2, 0.25) is 0 Å². The lowest BCUT2D eigenvalue weighted by molar-refractivity contribution is -0.135. The molecule has 1 atom stereocenters. The highest BCUT2D eigenvalue weighted by Crippen LogP contribution is 2.05. The van der Waals surface area contributed by atoms with Crippen LogP contribution in [-0.2, 0) is 20.7 Å². The molecule has 0 saturated carbocycles. The molecule has 0 spiro atoms. The van der Waals surface area contributed by atoms with Crippen LogP contribution >= 0.6 is 0 Å². The monoisotopic (exact) mass is 251 g/mol. The summed E-state index contributed by atoms with van der Waals surface area (Å²) in [7, 11) is 3.11. The summed E-state index contributed by atoms with van der Waals surface area (Å²) in [5, 5.41) is 2.86. The van der Waals surface area contributed by atoms with Gasteiger partial charge in [-0.25, -0.2) is 0 Å². The largest absolute Gasteiger partial charge is 0.354 e. The van der Waals surface area contributed by atoms with Crippen molar-refractivity contribution >= 4 is 5.91 Å². The van der Waals surface area contributed by atoms with E-state index in [0.29, 0.717) is 6.42 Å². The fourth-order valence-corrected chi connectivity index (χ4v) is 1.88. The van der Waals surface area contributed by atoms with E-state index < -0.39 is 6.29 Å². The van der Waals surface area contributed by atoms with E-state index in [1.54, 1.807) is 14.2 Å². The molecule has 0 saturated heterocycles. The van der Waals surface area contributed by atoms with Crippen molar-refractivity contribution in [3.05, 3.63) is 35.4 Å². The van der Waals surface area contributed by atoms with Gasteiger partial charge in [0.15, 0.2) is 6.29 Å². The highest BCUT2D eigenvalue weighted by Gasteiger charge is 2.17. The maximum atomic E-state index is 11.8. The highest BCUT2D eigenvalue weighted by molar-refractivity contribution is 5.78. The molecule has 4 heteroatoms. The van der Waals surface area contributed by atoms with Gasteiger partial charge in [0.1, 0.15) is 0 Å². The van der Waals surface area contributed by atoms with Gasteiger partial charge in [0.25, 0.3) is 0 Å². The zero-order chi connectivity index (χ0) is 13.5. The highest BCUT2D eigenvalue weighted by atomic mass is 16.7. The van der Waals surface area contributed by atoms with Crippen LogP contribution in [0.4, 0.5) is 0 Å². The number of amides is 1. The normalized spacial score (nSPS) is 12.5. The third-order valence-electron chi connectivity index (χ3n) is 2.71. The molecule has 0 aliphatic heterocycles. The molecule has 0 heterocycles. The van der Waals surface area contributed by atoms with Crippen molar-refractivity contribution < 1.29 is 14.3 Å². The molecule has 18 heavy (non-hydrogen) atoms. The summed E-state index contributed by atoms with van der Waals surface area (Å²) in [6.45, 7) is 3.86. The number of nitrogens with one attached hydrogen (secondary N) is 1. The molecule has 1 unspecified atom stereocenters. The topological polar surface area (TPSA) is 47.6 Å². The van der Waals surface area contributed by atoms with Crippen LogP contribution < -0.4 is 5.32 Å². The van der Waals surface area contributed by atoms with Crippen LogP contribution in [0.5, 0.6) is 0 Å². The van der Waals surface area contributed by atoms with Crippen LogP contribution in [-0.4, -0.2) is 32.5 Å². The molecule has 0 radical (unpaired) electrons. The average Bonchev–Trinajstić information content (AvgIpc) is 2.30. The number of aryl methyl sites for hydroxylation is 1. The minimum absolute atomic E-state index is 0.0350. The Balaban J connectivity index is 2.51. The van der Waals surface area contributed by atoms with Crippen molar-refractivity contribution in [3.8, 4) is 0 Å². The Morgan fingerprint density at radius 1 is 1.33 bits per heavy atom. The minimum atomic E-state index is -0.425. The van der Waals surface area contributed by atoms with Crippen molar-refractivity contribution in [2.24, 2.45) is 0 Å². The maximum absolute atomic E-state index is 11.8. The first-order valence-electron chi connectivity index (χ1n) is 5.97. The Labute approximate surface area is 108 Å². The molecule has 0 aromatic heterocycles. The van der Waals surface area contributed by atoms with E-state index in [4.69, 9.17) is 9.47 Å². The number of hydrogen-bond donors (Lipinski definition) is 1. The Hall–Kier alpha value is -1.39. The second kappa shape index (κ2) is 7.13. The van der Waals surface area contributed by atoms with Gasteiger partial charge in [0.05, 0.1) is 12.5 Å². The molecule has 1 rings (SSSR count). The number of methoxy groups -OCH3 is 2. The van der Waals surface area contributed by atoms with Gasteiger partial charge in [-0.15, -0.1) is 0 Å². The molecule has 4 nitrogen and oxygen atoms in total. The van der Waals surface area contributed by atoms with Gasteiger partial charge in [-0.3, -0.25) is 4.79 Å². The van der Waals surface area contributed by atoms with Crippen molar-refractivity contribution in [1.29, 1.82) is 0 Å². The predicted octanol–water partition coefficient (Wildman–Crippen LogP) is 1.66. The third kappa shape index (κ3) is 4.47. The van der Waals surface area contributed by atoms with Crippen LogP contribution in [0, 0.1) is 6.92 Å². The summed E-state index contributed by atoms with van der Waals surface area (Å²) in [6, 6.07) is 7.73. The lowest BCUT2D eigenvalue weighted by Crippen LogP contribution is -2.43. The van der Waals surface area contributed by atoms with Gasteiger partial charge in [0.2, 0.25) is 5.91 Å². The summed E-state index contributed by atoms with van der Waals surface area (Å²) in [6.07, 6.45) is -0.0573. The summed E-state index contributed by atoms with van der Waals surface area (Å²) >= 11 is 0. The van der Waals surface area contributed by atoms with E-state index in [1.165, 1.54) is 0 Å². The van der Waals surface area contributed by atoms with E-state index in [0.717, 1.165) is 11.1 Å². The SMILES string of the molecule is COC(OC)C(C)NC(=O)Cc1cccc(C)c1. The Kier molecular flexibility index (Phi) is 5.82. The van der Waals surface area contributed by atoms with Gasteiger partial charge in [-0.1, -0.05) is 29.8 Å². The fraction of sp³-hybridized carbons (Fsp3) is 0.500. The van der Waals surface area contributed by atoms with Crippen molar-refractivity contribution in [3.63, 3.8) is 0 Å². The molecular formula is C14H21NO3. The number of hydrogen-bond acceptors (Lipinski definition) is 3. The number of benzene rings is 1. The lowest BCUT2D eigenvalue weighted by atomic mass is 10.1. The molecule has 100 valence electrons. The molecule has 1 aromatic rings. The van der Waals surface area contributed by atoms with Gasteiger partial charge >= 0.3 is 0 Å². The molecule has 0 fully saturated rings. The lowest BCUT2D eigenvalue weighted by Gasteiger charge is -2.22. The number of carbonyl (C=O) groups is 1. The molecule has 1 aromatic carbocycles. The van der Waals surface area contributed by atoms with Crippen LogP contribution in [0.15, 0.2) is 24.3 Å². The predicted molar refractivity (Wildman–Crippen MR) is 70.3 cm³/mol. The molecule has 0 aliphatic rings. The van der Waals surface area contributed by atoms with Crippen LogP contribution in [0.25, 0.3) is 0 Å². The number of carbonyl (C=O) groups excluding carboxylic acids is 1. The first-order chi connectivity index (χ1) is 8.56. The minimum Gasteiger partial charge on any atom is -0.354 e. The van der Waals surface area contributed by atoms with E-state index >= 15 is 0 Å². The summed E-state index contributed by atoms with van der Waals surface area (Å²) in [5.41, 5.74) is 2.16. The van der Waals surface area contributed by atoms with Gasteiger partial charge in [0, 0.05) is 14.2 Å². The van der Waals surface area contributed by atoms with Crippen LogP contribution in [0.1, 0.15) is 18.1 Å². The van der Waals surface area contributed by atoms with Crippen molar-refractivity contribution in [2.45, 2.75) is 32.6 Å². The zero-order valence-electron chi connectivity index (χ0n) is 11.4. The molecule has 1 N–H and O–H groups in total. The molecule has 0 bridgehead atoms. The van der Waals surface area contributed by atoms with E-state index in [-0.39, 0.29) is 11.9 Å². The van der Waals surface area contributed by atoms with Gasteiger partial charge < -0.3 is 14.8 Å². The third-order valence-corrected chi connectivity index (χ3v) is 2.71. The maximum Gasteiger partial charge on any atom is 0.224 e. The van der Waals surface area contributed by atoms with E-state index in [2.05, 4.69) is 5.32 Å². The van der Waals surface area contributed by atoms with Crippen molar-refractivity contribution in [1.82, 2.24) is 5.32 Å². The summed E-state index contributed by atoms with van der Waals surface area (Å²) < 4.78 is 10.2. The second-order valence-electron chi connectivity index (χ2n) is 4.36. The quantitative estimate of drug-likeness (QED) is 0.782. The summed E-state index contributed by atoms with van der Waals surface area (Å²) in [5.74, 6) is -0.0350. The average molecular weight is 251 g/mol. The molecule has 1 amide bonds. The number of ether oxygens (including phenoxy) is 2.